The van der Waals surface area contributed by atoms with Crippen molar-refractivity contribution < 1.29 is 14.2 Å². The highest BCUT2D eigenvalue weighted by Gasteiger charge is 2.47. The third kappa shape index (κ3) is 4.17. The largest absolute Gasteiger partial charge is 0.489 e. The lowest BCUT2D eigenvalue weighted by molar-refractivity contribution is -0.182. The fraction of sp³-hybridized carbons (Fsp3) is 0.385. The van der Waals surface area contributed by atoms with Gasteiger partial charge in [0.15, 0.2) is 5.79 Å². The molecule has 3 heteroatoms. The van der Waals surface area contributed by atoms with Crippen molar-refractivity contribution in [1.82, 2.24) is 0 Å². The lowest BCUT2D eigenvalue weighted by Crippen LogP contribution is -2.32. The summed E-state index contributed by atoms with van der Waals surface area (Å²) in [6.45, 7) is 7.48. The summed E-state index contributed by atoms with van der Waals surface area (Å²) in [5.74, 6) is 0.350. The van der Waals surface area contributed by atoms with Crippen LogP contribution in [0.5, 0.6) is 5.75 Å². The first kappa shape index (κ1) is 19.9. The minimum Gasteiger partial charge on any atom is -0.489 e. The van der Waals surface area contributed by atoms with Crippen LogP contribution < -0.4 is 4.74 Å². The van der Waals surface area contributed by atoms with E-state index in [-0.39, 0.29) is 0 Å². The molecule has 0 aromatic heterocycles. The second kappa shape index (κ2) is 8.17. The van der Waals surface area contributed by atoms with Crippen LogP contribution in [0.15, 0.2) is 66.7 Å². The van der Waals surface area contributed by atoms with Crippen molar-refractivity contribution in [3.8, 4) is 5.75 Å². The summed E-state index contributed by atoms with van der Waals surface area (Å²) >= 11 is 0. The van der Waals surface area contributed by atoms with E-state index in [0.29, 0.717) is 13.2 Å². The molecule has 0 spiro atoms. The van der Waals surface area contributed by atoms with Gasteiger partial charge in [0.05, 0.1) is 6.61 Å². The molecule has 152 valence electrons. The van der Waals surface area contributed by atoms with Gasteiger partial charge in [-0.15, -0.1) is 0 Å². The number of ether oxygens (including phenoxy) is 3. The first-order valence-electron chi connectivity index (χ1n) is 10.6. The smallest absolute Gasteiger partial charge is 0.166 e. The molecule has 1 saturated heterocycles. The van der Waals surface area contributed by atoms with Gasteiger partial charge in [0.1, 0.15) is 18.0 Å². The van der Waals surface area contributed by atoms with Gasteiger partial charge in [-0.1, -0.05) is 68.8 Å². The van der Waals surface area contributed by atoms with E-state index in [0.717, 1.165) is 36.1 Å². The summed E-state index contributed by atoms with van der Waals surface area (Å²) < 4.78 is 18.7. The summed E-state index contributed by atoms with van der Waals surface area (Å²) in [6.07, 6.45) is 2.79. The Labute approximate surface area is 173 Å². The van der Waals surface area contributed by atoms with Crippen LogP contribution in [0, 0.1) is 0 Å². The Morgan fingerprint density at radius 2 is 1.76 bits per heavy atom. The summed E-state index contributed by atoms with van der Waals surface area (Å²) in [6, 6.07) is 23.1. The molecule has 2 unspecified atom stereocenters. The molecular formula is C26H30O3. The molecule has 29 heavy (non-hydrogen) atoms. The van der Waals surface area contributed by atoms with Crippen LogP contribution in [0.4, 0.5) is 0 Å². The summed E-state index contributed by atoms with van der Waals surface area (Å²) in [7, 11) is 0. The highest BCUT2D eigenvalue weighted by Crippen LogP contribution is 2.43. The van der Waals surface area contributed by atoms with Gasteiger partial charge >= 0.3 is 0 Å². The zero-order chi connectivity index (χ0) is 20.3. The number of fused-ring (bicyclic) bond motifs is 1. The normalized spacial score (nSPS) is 24.1. The Balaban J connectivity index is 1.50. The van der Waals surface area contributed by atoms with Gasteiger partial charge in [-0.3, -0.25) is 0 Å². The van der Waals surface area contributed by atoms with Crippen LogP contribution in [-0.4, -0.2) is 12.4 Å². The third-order valence-corrected chi connectivity index (χ3v) is 5.88. The Morgan fingerprint density at radius 1 is 0.931 bits per heavy atom. The molecular weight excluding hydrogens is 360 g/mol. The van der Waals surface area contributed by atoms with Crippen molar-refractivity contribution in [2.24, 2.45) is 0 Å². The van der Waals surface area contributed by atoms with E-state index in [9.17, 15) is 0 Å². The molecule has 1 heterocycles. The van der Waals surface area contributed by atoms with E-state index in [1.807, 2.05) is 19.1 Å². The van der Waals surface area contributed by atoms with Gasteiger partial charge < -0.3 is 14.2 Å². The van der Waals surface area contributed by atoms with Gasteiger partial charge in [0.2, 0.25) is 0 Å². The van der Waals surface area contributed by atoms with Crippen molar-refractivity contribution in [2.75, 3.05) is 6.61 Å². The monoisotopic (exact) mass is 390 g/mol. The highest BCUT2D eigenvalue weighted by molar-refractivity contribution is 5.82. The van der Waals surface area contributed by atoms with Crippen molar-refractivity contribution in [3.05, 3.63) is 77.9 Å². The fourth-order valence-electron chi connectivity index (χ4n) is 4.20. The lowest BCUT2D eigenvalue weighted by atomic mass is 9.91. The van der Waals surface area contributed by atoms with Crippen molar-refractivity contribution >= 4 is 10.8 Å². The molecule has 3 nitrogen and oxygen atoms in total. The van der Waals surface area contributed by atoms with E-state index >= 15 is 0 Å². The molecule has 1 fully saturated rings. The molecule has 3 aromatic rings. The van der Waals surface area contributed by atoms with Gasteiger partial charge in [0, 0.05) is 6.42 Å². The van der Waals surface area contributed by atoms with Crippen LogP contribution in [0.25, 0.3) is 10.8 Å². The molecule has 4 rings (SSSR count). The molecule has 0 bridgehead atoms. The van der Waals surface area contributed by atoms with E-state index in [2.05, 4.69) is 68.4 Å². The molecule has 2 atom stereocenters. The van der Waals surface area contributed by atoms with Crippen LogP contribution in [0.2, 0.25) is 0 Å². The Bertz CT molecular complexity index is 982. The van der Waals surface area contributed by atoms with Crippen LogP contribution in [0.1, 0.15) is 51.2 Å². The third-order valence-electron chi connectivity index (χ3n) is 5.88. The minimum atomic E-state index is -0.507. The van der Waals surface area contributed by atoms with E-state index < -0.39 is 11.4 Å². The summed E-state index contributed by atoms with van der Waals surface area (Å²) in [5, 5.41) is 2.48. The zero-order valence-corrected chi connectivity index (χ0v) is 17.6. The van der Waals surface area contributed by atoms with Crippen molar-refractivity contribution in [3.63, 3.8) is 0 Å². The standard InChI is InChI=1S/C26H30O3/c1-4-15-25(3)28-19-26(5-2,29-25)23-11-8-12-24(17-23)27-18-20-13-14-21-9-6-7-10-22(21)16-20/h6-14,16-17H,4-5,15,18-19H2,1-3H3. The maximum absolute atomic E-state index is 6.50. The SMILES string of the molecule is CCCC1(C)OCC(CC)(c2cccc(OCc3ccc4ccccc4c3)c2)O1. The minimum absolute atomic E-state index is 0.410. The number of hydrogen-bond acceptors (Lipinski definition) is 3. The van der Waals surface area contributed by atoms with Crippen LogP contribution >= 0.6 is 0 Å². The average Bonchev–Trinajstić information content (AvgIpc) is 3.10. The first-order chi connectivity index (χ1) is 14.1. The van der Waals surface area contributed by atoms with Crippen LogP contribution in [0.3, 0.4) is 0 Å². The number of benzene rings is 3. The Kier molecular flexibility index (Phi) is 5.62. The summed E-state index contributed by atoms with van der Waals surface area (Å²) in [5.41, 5.74) is 1.87. The molecule has 3 aromatic carbocycles. The molecule has 0 N–H and O–H groups in total. The van der Waals surface area contributed by atoms with Crippen molar-refractivity contribution in [1.29, 1.82) is 0 Å². The van der Waals surface area contributed by atoms with E-state index in [4.69, 9.17) is 14.2 Å². The second-order valence-corrected chi connectivity index (χ2v) is 8.12. The predicted molar refractivity (Wildman–Crippen MR) is 117 cm³/mol. The summed E-state index contributed by atoms with van der Waals surface area (Å²) in [4.78, 5) is 0. The van der Waals surface area contributed by atoms with E-state index in [1.165, 1.54) is 10.8 Å². The lowest BCUT2D eigenvalue weighted by Gasteiger charge is -2.30. The average molecular weight is 391 g/mol. The molecule has 1 aliphatic rings. The zero-order valence-electron chi connectivity index (χ0n) is 17.6. The molecule has 0 amide bonds. The Hall–Kier alpha value is -2.36. The maximum atomic E-state index is 6.50. The molecule has 0 radical (unpaired) electrons. The van der Waals surface area contributed by atoms with Gasteiger partial charge in [-0.2, -0.15) is 0 Å². The van der Waals surface area contributed by atoms with Crippen molar-refractivity contribution in [2.45, 2.75) is 58.0 Å². The fourth-order valence-corrected chi connectivity index (χ4v) is 4.20. The topological polar surface area (TPSA) is 27.7 Å². The van der Waals surface area contributed by atoms with Gasteiger partial charge in [0.25, 0.3) is 0 Å². The number of rotatable bonds is 7. The van der Waals surface area contributed by atoms with E-state index in [1.54, 1.807) is 0 Å². The highest BCUT2D eigenvalue weighted by atomic mass is 16.8. The quantitative estimate of drug-likeness (QED) is 0.455. The molecule has 0 aliphatic carbocycles. The molecule has 0 saturated carbocycles. The second-order valence-electron chi connectivity index (χ2n) is 8.12. The predicted octanol–water partition coefficient (Wildman–Crippen LogP) is 6.59. The van der Waals surface area contributed by atoms with Crippen LogP contribution in [-0.2, 0) is 21.7 Å². The Morgan fingerprint density at radius 3 is 2.55 bits per heavy atom. The molecule has 1 aliphatic heterocycles. The number of hydrogen-bond donors (Lipinski definition) is 0. The van der Waals surface area contributed by atoms with Gasteiger partial charge in [-0.05, 0) is 53.4 Å². The first-order valence-corrected chi connectivity index (χ1v) is 10.6. The maximum Gasteiger partial charge on any atom is 0.166 e. The van der Waals surface area contributed by atoms with Gasteiger partial charge in [-0.25, -0.2) is 0 Å².